The molecule has 10 heavy (non-hydrogen) atoms. The van der Waals surface area contributed by atoms with Crippen molar-refractivity contribution in [1.82, 2.24) is 3.94 Å². The van der Waals surface area contributed by atoms with Crippen LogP contribution in [-0.2, 0) is 4.57 Å². The van der Waals surface area contributed by atoms with Crippen molar-refractivity contribution in [1.29, 1.82) is 0 Å². The van der Waals surface area contributed by atoms with Crippen molar-refractivity contribution < 1.29 is 14.4 Å². The molecule has 0 amide bonds. The maximum Gasteiger partial charge on any atom is 0.692 e. The number of rotatable bonds is 1. The van der Waals surface area contributed by atoms with E-state index in [0.29, 0.717) is 0 Å². The van der Waals surface area contributed by atoms with Crippen molar-refractivity contribution in [2.75, 3.05) is 0 Å². The predicted octanol–water partition coefficient (Wildman–Crippen LogP) is 1.63. The van der Waals surface area contributed by atoms with Gasteiger partial charge < -0.3 is 0 Å². The summed E-state index contributed by atoms with van der Waals surface area (Å²) >= 11 is 10.4. The van der Waals surface area contributed by atoms with Crippen molar-refractivity contribution in [3.05, 3.63) is 0 Å². The molecular formula is C3H9Cl2NO3P+. The molecule has 2 N–H and O–H groups in total. The SMILES string of the molecule is CC(C)N(Cl)Cl.O=[P+](O)O. The van der Waals surface area contributed by atoms with Gasteiger partial charge in [0, 0.05) is 10.6 Å². The van der Waals surface area contributed by atoms with E-state index in [9.17, 15) is 0 Å². The van der Waals surface area contributed by atoms with Gasteiger partial charge in [-0.2, -0.15) is 0 Å². The van der Waals surface area contributed by atoms with Gasteiger partial charge in [-0.05, 0) is 37.4 Å². The first-order chi connectivity index (χ1) is 4.37. The fourth-order valence-electron chi connectivity index (χ4n) is 0. The molecule has 0 aliphatic heterocycles. The largest absolute Gasteiger partial charge is 0.692 e. The highest BCUT2D eigenvalue weighted by Gasteiger charge is 1.96. The Bertz CT molecular complexity index is 89.7. The molecule has 0 saturated heterocycles. The third-order valence-electron chi connectivity index (χ3n) is 0.390. The van der Waals surface area contributed by atoms with Crippen LogP contribution in [-0.4, -0.2) is 19.8 Å². The summed E-state index contributed by atoms with van der Waals surface area (Å²) in [6.45, 7) is 3.81. The topological polar surface area (TPSA) is 60.8 Å². The second-order valence-corrected chi connectivity index (χ2v) is 3.01. The van der Waals surface area contributed by atoms with Gasteiger partial charge in [-0.1, -0.05) is 0 Å². The summed E-state index contributed by atoms with van der Waals surface area (Å²) in [5.41, 5.74) is 0. The first kappa shape index (κ1) is 13.2. The van der Waals surface area contributed by atoms with E-state index >= 15 is 0 Å². The maximum absolute atomic E-state index is 8.70. The molecule has 0 radical (unpaired) electrons. The average Bonchev–Trinajstić information content (AvgIpc) is 1.63. The lowest BCUT2D eigenvalue weighted by atomic mass is 10.4. The normalized spacial score (nSPS) is 9.20. The number of nitrogens with zero attached hydrogens (tertiary/aromatic N) is 1. The number of halogens is 2. The average molecular weight is 209 g/mol. The van der Waals surface area contributed by atoms with Gasteiger partial charge in [0.1, 0.15) is 0 Å². The summed E-state index contributed by atoms with van der Waals surface area (Å²) in [6, 6.07) is 0.216. The van der Waals surface area contributed by atoms with Crippen molar-refractivity contribution in [2.45, 2.75) is 19.9 Å². The molecule has 0 fully saturated rings. The Morgan fingerprint density at radius 1 is 1.40 bits per heavy atom. The smallest absolute Gasteiger partial charge is 0.134 e. The molecule has 0 atom stereocenters. The van der Waals surface area contributed by atoms with E-state index < -0.39 is 8.25 Å². The molecule has 0 aromatic rings. The van der Waals surface area contributed by atoms with Crippen LogP contribution in [0.25, 0.3) is 0 Å². The van der Waals surface area contributed by atoms with E-state index in [1.165, 1.54) is 0 Å². The molecule has 0 unspecified atom stereocenters. The monoisotopic (exact) mass is 208 g/mol. The maximum atomic E-state index is 8.70. The minimum Gasteiger partial charge on any atom is -0.134 e. The summed E-state index contributed by atoms with van der Waals surface area (Å²) in [5, 5.41) is 0. The summed E-state index contributed by atoms with van der Waals surface area (Å²) in [5.74, 6) is 0. The van der Waals surface area contributed by atoms with E-state index in [1.54, 1.807) is 0 Å². The third-order valence-corrected chi connectivity index (χ3v) is 1.17. The molecule has 0 aromatic heterocycles. The molecule has 0 aromatic carbocycles. The minimum absolute atomic E-state index is 0.216. The summed E-state index contributed by atoms with van der Waals surface area (Å²) in [6.07, 6.45) is 0. The van der Waals surface area contributed by atoms with Crippen LogP contribution in [0.2, 0.25) is 0 Å². The Hall–Kier alpha value is 0.560. The highest BCUT2D eigenvalue weighted by Crippen LogP contribution is 2.03. The van der Waals surface area contributed by atoms with E-state index in [4.69, 9.17) is 37.9 Å². The van der Waals surface area contributed by atoms with Gasteiger partial charge in [0.15, 0.2) is 0 Å². The Morgan fingerprint density at radius 2 is 1.50 bits per heavy atom. The molecule has 0 aliphatic carbocycles. The lowest BCUT2D eigenvalue weighted by Crippen LogP contribution is -2.07. The number of hydrogen-bond acceptors (Lipinski definition) is 2. The lowest BCUT2D eigenvalue weighted by Gasteiger charge is -2.04. The molecule has 4 nitrogen and oxygen atoms in total. The van der Waals surface area contributed by atoms with Crippen LogP contribution in [0.5, 0.6) is 0 Å². The van der Waals surface area contributed by atoms with E-state index in [0.717, 1.165) is 3.94 Å². The van der Waals surface area contributed by atoms with Gasteiger partial charge in [0.25, 0.3) is 0 Å². The lowest BCUT2D eigenvalue weighted by molar-refractivity contribution is 0.405. The highest BCUT2D eigenvalue weighted by molar-refractivity contribution is 7.30. The van der Waals surface area contributed by atoms with Crippen LogP contribution in [0, 0.1) is 0 Å². The van der Waals surface area contributed by atoms with Gasteiger partial charge in [0.05, 0.1) is 0 Å². The first-order valence-electron chi connectivity index (χ1n) is 2.33. The molecule has 0 bridgehead atoms. The van der Waals surface area contributed by atoms with Crippen molar-refractivity contribution in [3.8, 4) is 0 Å². The molecule has 0 heterocycles. The Morgan fingerprint density at radius 3 is 1.50 bits per heavy atom. The first-order valence-corrected chi connectivity index (χ1v) is 4.17. The minimum atomic E-state index is -2.87. The molecule has 7 heteroatoms. The summed E-state index contributed by atoms with van der Waals surface area (Å²) in [4.78, 5) is 14.2. The van der Waals surface area contributed by atoms with Crippen LogP contribution in [0.4, 0.5) is 0 Å². The quantitative estimate of drug-likeness (QED) is 0.508. The van der Waals surface area contributed by atoms with Gasteiger partial charge in [-0.25, -0.2) is 0 Å². The zero-order valence-corrected chi connectivity index (χ0v) is 7.94. The Balaban J connectivity index is 0. The van der Waals surface area contributed by atoms with E-state index in [1.807, 2.05) is 13.8 Å². The summed E-state index contributed by atoms with van der Waals surface area (Å²) in [7, 11) is -2.87. The van der Waals surface area contributed by atoms with Gasteiger partial charge >= 0.3 is 8.25 Å². The van der Waals surface area contributed by atoms with Crippen molar-refractivity contribution in [2.24, 2.45) is 0 Å². The van der Waals surface area contributed by atoms with E-state index in [2.05, 4.69) is 0 Å². The molecule has 0 rings (SSSR count). The van der Waals surface area contributed by atoms with Gasteiger partial charge in [-0.3, -0.25) is 0 Å². The molecular weight excluding hydrogens is 200 g/mol. The third kappa shape index (κ3) is 23.5. The molecule has 0 spiro atoms. The molecule has 62 valence electrons. The zero-order valence-electron chi connectivity index (χ0n) is 5.53. The Kier molecular flexibility index (Phi) is 10.1. The van der Waals surface area contributed by atoms with Gasteiger partial charge in [0.2, 0.25) is 0 Å². The standard InChI is InChI=1S/C3H7Cl2N.HO3P/c1-3(2)6(4)5;1-4(2)3/h3H,1-2H3;(H-,1,2,3)/p+1. The zero-order chi connectivity index (χ0) is 8.73. The van der Waals surface area contributed by atoms with Crippen LogP contribution in [0.3, 0.4) is 0 Å². The van der Waals surface area contributed by atoms with Crippen LogP contribution in [0.1, 0.15) is 13.8 Å². The Labute approximate surface area is 70.5 Å². The fraction of sp³-hybridized carbons (Fsp3) is 1.00. The summed E-state index contributed by atoms with van der Waals surface area (Å²) < 4.78 is 9.81. The van der Waals surface area contributed by atoms with Crippen molar-refractivity contribution in [3.63, 3.8) is 0 Å². The molecule has 0 saturated carbocycles. The fourth-order valence-corrected chi connectivity index (χ4v) is 0. The van der Waals surface area contributed by atoms with Crippen LogP contribution < -0.4 is 0 Å². The van der Waals surface area contributed by atoms with Gasteiger partial charge in [-0.15, -0.1) is 13.7 Å². The van der Waals surface area contributed by atoms with Crippen molar-refractivity contribution >= 4 is 31.8 Å². The number of hydrogen-bond donors (Lipinski definition) is 2. The second kappa shape index (κ2) is 7.66. The molecule has 0 aliphatic rings. The van der Waals surface area contributed by atoms with Crippen LogP contribution >= 0.6 is 31.8 Å². The van der Waals surface area contributed by atoms with Crippen LogP contribution in [0.15, 0.2) is 0 Å². The highest BCUT2D eigenvalue weighted by atomic mass is 35.5. The van der Waals surface area contributed by atoms with E-state index in [-0.39, 0.29) is 6.04 Å². The second-order valence-electron chi connectivity index (χ2n) is 1.61. The predicted molar refractivity (Wildman–Crippen MR) is 40.7 cm³/mol.